The van der Waals surface area contributed by atoms with Crippen LogP contribution < -0.4 is 15.8 Å². The van der Waals surface area contributed by atoms with Gasteiger partial charge in [0, 0.05) is 18.8 Å². The lowest BCUT2D eigenvalue weighted by molar-refractivity contribution is 0.270. The lowest BCUT2D eigenvalue weighted by Crippen LogP contribution is -2.31. The van der Waals surface area contributed by atoms with E-state index in [2.05, 4.69) is 0 Å². The largest absolute Gasteiger partial charge is 0.398 e. The third-order valence-electron chi connectivity index (χ3n) is 2.63. The molecule has 7 heteroatoms. The first-order valence-electron chi connectivity index (χ1n) is 5.03. The predicted octanol–water partition coefficient (Wildman–Crippen LogP) is -0.267. The first-order valence-corrected chi connectivity index (χ1v) is 6.58. The topological polar surface area (TPSA) is 110 Å². The monoisotopic (exact) mass is 259 g/mol. The van der Waals surface area contributed by atoms with Crippen molar-refractivity contribution in [3.63, 3.8) is 0 Å². The standard InChI is InChI=1S/C10H17N3O3S/c1-7(6-14)13(2)8-3-4-10(9(11)5-8)17(12,15)16/h3-5,7,14H,6,11H2,1-2H3,(H2,12,15,16). The molecule has 1 atom stereocenters. The Hall–Kier alpha value is -1.31. The maximum atomic E-state index is 11.2. The van der Waals surface area contributed by atoms with E-state index in [0.29, 0.717) is 0 Å². The van der Waals surface area contributed by atoms with Gasteiger partial charge in [0.1, 0.15) is 4.90 Å². The number of benzene rings is 1. The van der Waals surface area contributed by atoms with Gasteiger partial charge in [0.2, 0.25) is 10.0 Å². The van der Waals surface area contributed by atoms with Gasteiger partial charge in [-0.3, -0.25) is 0 Å². The molecule has 0 spiro atoms. The minimum Gasteiger partial charge on any atom is -0.398 e. The van der Waals surface area contributed by atoms with E-state index in [0.717, 1.165) is 5.69 Å². The summed E-state index contributed by atoms with van der Waals surface area (Å²) in [4.78, 5) is 1.70. The van der Waals surface area contributed by atoms with Crippen molar-refractivity contribution in [2.75, 3.05) is 24.3 Å². The molecule has 0 heterocycles. The lowest BCUT2D eigenvalue weighted by Gasteiger charge is -2.25. The Morgan fingerprint density at radius 3 is 2.47 bits per heavy atom. The van der Waals surface area contributed by atoms with Crippen molar-refractivity contribution in [1.82, 2.24) is 0 Å². The number of rotatable bonds is 4. The summed E-state index contributed by atoms with van der Waals surface area (Å²) in [6.45, 7) is 1.83. The molecule has 1 aromatic rings. The van der Waals surface area contributed by atoms with Crippen LogP contribution in [0.3, 0.4) is 0 Å². The zero-order valence-corrected chi connectivity index (χ0v) is 10.6. The zero-order chi connectivity index (χ0) is 13.2. The van der Waals surface area contributed by atoms with Crippen LogP contribution in [0.4, 0.5) is 11.4 Å². The van der Waals surface area contributed by atoms with E-state index in [4.69, 9.17) is 16.0 Å². The Morgan fingerprint density at radius 2 is 2.06 bits per heavy atom. The summed E-state index contributed by atoms with van der Waals surface area (Å²) in [5.41, 5.74) is 6.46. The normalized spacial score (nSPS) is 13.4. The van der Waals surface area contributed by atoms with E-state index in [1.54, 1.807) is 18.0 Å². The third kappa shape index (κ3) is 3.09. The zero-order valence-electron chi connectivity index (χ0n) is 9.79. The summed E-state index contributed by atoms with van der Waals surface area (Å²) in [6.07, 6.45) is 0. The molecule has 5 N–H and O–H groups in total. The molecule has 0 aliphatic heterocycles. The molecule has 0 radical (unpaired) electrons. The van der Waals surface area contributed by atoms with Gasteiger partial charge in [-0.25, -0.2) is 13.6 Å². The van der Waals surface area contributed by atoms with Crippen molar-refractivity contribution < 1.29 is 13.5 Å². The van der Waals surface area contributed by atoms with E-state index in [9.17, 15) is 8.42 Å². The Labute approximate surface area is 101 Å². The average Bonchev–Trinajstić information content (AvgIpc) is 2.25. The van der Waals surface area contributed by atoms with E-state index in [-0.39, 0.29) is 23.2 Å². The summed E-state index contributed by atoms with van der Waals surface area (Å²) in [6, 6.07) is 4.39. The van der Waals surface area contributed by atoms with E-state index >= 15 is 0 Å². The fourth-order valence-electron chi connectivity index (χ4n) is 1.39. The molecular weight excluding hydrogens is 242 g/mol. The maximum Gasteiger partial charge on any atom is 0.240 e. The molecule has 0 fully saturated rings. The molecule has 0 aliphatic carbocycles. The van der Waals surface area contributed by atoms with Gasteiger partial charge in [0.05, 0.1) is 12.3 Å². The van der Waals surface area contributed by atoms with E-state index in [1.165, 1.54) is 12.1 Å². The second-order valence-electron chi connectivity index (χ2n) is 3.91. The summed E-state index contributed by atoms with van der Waals surface area (Å²) in [5.74, 6) is 0. The van der Waals surface area contributed by atoms with Gasteiger partial charge in [-0.15, -0.1) is 0 Å². The van der Waals surface area contributed by atoms with Gasteiger partial charge in [0.15, 0.2) is 0 Å². The van der Waals surface area contributed by atoms with Crippen molar-refractivity contribution in [1.29, 1.82) is 0 Å². The van der Waals surface area contributed by atoms with Crippen LogP contribution >= 0.6 is 0 Å². The third-order valence-corrected chi connectivity index (χ3v) is 3.62. The lowest BCUT2D eigenvalue weighted by atomic mass is 10.2. The van der Waals surface area contributed by atoms with Gasteiger partial charge in [-0.05, 0) is 25.1 Å². The number of sulfonamides is 1. The summed E-state index contributed by atoms with van der Waals surface area (Å²) >= 11 is 0. The number of anilines is 2. The average molecular weight is 259 g/mol. The highest BCUT2D eigenvalue weighted by atomic mass is 32.2. The number of aliphatic hydroxyl groups excluding tert-OH is 1. The van der Waals surface area contributed by atoms with Crippen LogP contribution in [0.15, 0.2) is 23.1 Å². The predicted molar refractivity (Wildman–Crippen MR) is 67.2 cm³/mol. The van der Waals surface area contributed by atoms with Gasteiger partial charge in [0.25, 0.3) is 0 Å². The second kappa shape index (κ2) is 4.91. The first kappa shape index (κ1) is 13.8. The highest BCUT2D eigenvalue weighted by Gasteiger charge is 2.15. The van der Waals surface area contributed by atoms with Crippen molar-refractivity contribution in [2.24, 2.45) is 5.14 Å². The van der Waals surface area contributed by atoms with Gasteiger partial charge < -0.3 is 15.7 Å². The highest BCUT2D eigenvalue weighted by Crippen LogP contribution is 2.24. The van der Waals surface area contributed by atoms with E-state index < -0.39 is 10.0 Å². The number of nitrogen functional groups attached to an aromatic ring is 1. The molecule has 17 heavy (non-hydrogen) atoms. The minimum absolute atomic E-state index is 0.00660. The Kier molecular flexibility index (Phi) is 3.97. The fourth-order valence-corrected chi connectivity index (χ4v) is 2.04. The number of likely N-dealkylation sites (N-methyl/N-ethyl adjacent to an activating group) is 1. The Balaban J connectivity index is 3.13. The molecule has 1 aromatic carbocycles. The number of aliphatic hydroxyl groups is 1. The van der Waals surface area contributed by atoms with Crippen LogP contribution in [0.2, 0.25) is 0 Å². The maximum absolute atomic E-state index is 11.2. The van der Waals surface area contributed by atoms with Crippen molar-refractivity contribution in [2.45, 2.75) is 17.9 Å². The summed E-state index contributed by atoms with van der Waals surface area (Å²) < 4.78 is 22.3. The molecule has 0 saturated carbocycles. The molecule has 6 nitrogen and oxygen atoms in total. The van der Waals surface area contributed by atoms with Crippen LogP contribution in [0.25, 0.3) is 0 Å². The molecule has 0 aromatic heterocycles. The number of hydrogen-bond acceptors (Lipinski definition) is 5. The molecule has 0 bridgehead atoms. The number of nitrogens with zero attached hydrogens (tertiary/aromatic N) is 1. The first-order chi connectivity index (χ1) is 7.77. The fraction of sp³-hybridized carbons (Fsp3) is 0.400. The number of hydrogen-bond donors (Lipinski definition) is 3. The van der Waals surface area contributed by atoms with Crippen LogP contribution in [0, 0.1) is 0 Å². The van der Waals surface area contributed by atoms with Crippen molar-refractivity contribution in [3.8, 4) is 0 Å². The smallest absolute Gasteiger partial charge is 0.240 e. The van der Waals surface area contributed by atoms with Crippen molar-refractivity contribution in [3.05, 3.63) is 18.2 Å². The van der Waals surface area contributed by atoms with E-state index in [1.807, 2.05) is 6.92 Å². The van der Waals surface area contributed by atoms with Gasteiger partial charge >= 0.3 is 0 Å². The van der Waals surface area contributed by atoms with Gasteiger partial charge in [-0.2, -0.15) is 0 Å². The molecule has 0 amide bonds. The quantitative estimate of drug-likeness (QED) is 0.645. The van der Waals surface area contributed by atoms with Crippen LogP contribution in [-0.2, 0) is 10.0 Å². The second-order valence-corrected chi connectivity index (χ2v) is 5.44. The van der Waals surface area contributed by atoms with Crippen LogP contribution in [0.1, 0.15) is 6.92 Å². The molecule has 0 saturated heterocycles. The summed E-state index contributed by atoms with van der Waals surface area (Å²) in [5, 5.41) is 14.0. The highest BCUT2D eigenvalue weighted by molar-refractivity contribution is 7.89. The van der Waals surface area contributed by atoms with Gasteiger partial charge in [-0.1, -0.05) is 0 Å². The molecule has 96 valence electrons. The van der Waals surface area contributed by atoms with Crippen molar-refractivity contribution >= 4 is 21.4 Å². The molecule has 0 aliphatic rings. The Bertz CT molecular complexity index is 502. The SMILES string of the molecule is CC(CO)N(C)c1ccc(S(N)(=O)=O)c(N)c1. The minimum atomic E-state index is -3.79. The van der Waals surface area contributed by atoms with Crippen LogP contribution in [-0.4, -0.2) is 33.2 Å². The summed E-state index contributed by atoms with van der Waals surface area (Å²) in [7, 11) is -2.01. The Morgan fingerprint density at radius 1 is 1.47 bits per heavy atom. The number of nitrogens with two attached hydrogens (primary N) is 2. The van der Waals surface area contributed by atoms with Crippen LogP contribution in [0.5, 0.6) is 0 Å². The molecule has 1 unspecified atom stereocenters. The number of primary sulfonamides is 1. The molecule has 1 rings (SSSR count). The molecular formula is C10H17N3O3S.